The van der Waals surface area contributed by atoms with E-state index in [0.717, 1.165) is 24.8 Å². The first kappa shape index (κ1) is 15.5. The molecule has 1 aliphatic carbocycles. The Kier molecular flexibility index (Phi) is 5.59. The summed E-state index contributed by atoms with van der Waals surface area (Å²) < 4.78 is 13.1. The molecule has 0 radical (unpaired) electrons. The maximum absolute atomic E-state index is 13.1. The van der Waals surface area contributed by atoms with Crippen LogP contribution in [-0.2, 0) is 0 Å². The molecular formula is C18H28FN. The highest BCUT2D eigenvalue weighted by molar-refractivity contribution is 5.21. The largest absolute Gasteiger partial charge is 0.310 e. The molecule has 0 amide bonds. The van der Waals surface area contributed by atoms with Gasteiger partial charge >= 0.3 is 0 Å². The van der Waals surface area contributed by atoms with E-state index >= 15 is 0 Å². The summed E-state index contributed by atoms with van der Waals surface area (Å²) in [7, 11) is 0. The molecule has 112 valence electrons. The molecule has 1 nitrogen and oxygen atoms in total. The maximum atomic E-state index is 13.1. The van der Waals surface area contributed by atoms with Gasteiger partial charge in [0, 0.05) is 6.04 Å². The van der Waals surface area contributed by atoms with Crippen molar-refractivity contribution in [3.63, 3.8) is 0 Å². The average molecular weight is 277 g/mol. The van der Waals surface area contributed by atoms with Gasteiger partial charge in [-0.15, -0.1) is 0 Å². The first-order valence-electron chi connectivity index (χ1n) is 8.09. The number of halogens is 1. The van der Waals surface area contributed by atoms with E-state index in [1.165, 1.54) is 24.8 Å². The lowest BCUT2D eigenvalue weighted by atomic mass is 9.72. The van der Waals surface area contributed by atoms with Gasteiger partial charge in [0.25, 0.3) is 0 Å². The highest BCUT2D eigenvalue weighted by Gasteiger charge is 2.30. The molecule has 1 aromatic carbocycles. The van der Waals surface area contributed by atoms with Gasteiger partial charge in [0.05, 0.1) is 0 Å². The Bertz CT molecular complexity index is 390. The summed E-state index contributed by atoms with van der Waals surface area (Å²) in [4.78, 5) is 0. The smallest absolute Gasteiger partial charge is 0.123 e. The molecule has 0 bridgehead atoms. The molecule has 2 rings (SSSR count). The summed E-state index contributed by atoms with van der Waals surface area (Å²) in [5, 5.41) is 3.69. The van der Waals surface area contributed by atoms with Crippen molar-refractivity contribution < 1.29 is 4.39 Å². The van der Waals surface area contributed by atoms with E-state index < -0.39 is 0 Å². The zero-order valence-electron chi connectivity index (χ0n) is 13.0. The monoisotopic (exact) mass is 277 g/mol. The first-order chi connectivity index (χ1) is 9.60. The predicted octanol–water partition coefficient (Wildman–Crippen LogP) is 4.94. The minimum Gasteiger partial charge on any atom is -0.310 e. The third-order valence-corrected chi connectivity index (χ3v) is 4.53. The topological polar surface area (TPSA) is 12.0 Å². The van der Waals surface area contributed by atoms with Crippen LogP contribution in [-0.4, -0.2) is 6.54 Å². The lowest BCUT2D eigenvalue weighted by Gasteiger charge is -2.37. The number of rotatable bonds is 5. The van der Waals surface area contributed by atoms with Crippen molar-refractivity contribution in [2.45, 2.75) is 52.5 Å². The van der Waals surface area contributed by atoms with Gasteiger partial charge in [-0.25, -0.2) is 4.39 Å². The van der Waals surface area contributed by atoms with Crippen molar-refractivity contribution in [2.75, 3.05) is 6.54 Å². The second kappa shape index (κ2) is 7.21. The SMILES string of the molecule is CCCNC(c1ccc(F)cc1)C1CC(C)CC(C)C1. The van der Waals surface area contributed by atoms with Gasteiger partial charge in [0.2, 0.25) is 0 Å². The van der Waals surface area contributed by atoms with Gasteiger partial charge in [0.15, 0.2) is 0 Å². The van der Waals surface area contributed by atoms with Gasteiger partial charge in [-0.3, -0.25) is 0 Å². The van der Waals surface area contributed by atoms with Crippen LogP contribution in [0, 0.1) is 23.6 Å². The van der Waals surface area contributed by atoms with Crippen LogP contribution >= 0.6 is 0 Å². The van der Waals surface area contributed by atoms with Gasteiger partial charge in [-0.05, 0) is 67.7 Å². The van der Waals surface area contributed by atoms with Crippen LogP contribution in [0.3, 0.4) is 0 Å². The van der Waals surface area contributed by atoms with E-state index in [2.05, 4.69) is 26.1 Å². The third kappa shape index (κ3) is 4.05. The highest BCUT2D eigenvalue weighted by Crippen LogP contribution is 2.39. The van der Waals surface area contributed by atoms with Crippen molar-refractivity contribution in [3.05, 3.63) is 35.6 Å². The van der Waals surface area contributed by atoms with Gasteiger partial charge in [-0.1, -0.05) is 32.9 Å². The number of hydrogen-bond acceptors (Lipinski definition) is 1. The summed E-state index contributed by atoms with van der Waals surface area (Å²) in [6.07, 6.45) is 5.04. The molecule has 0 heterocycles. The van der Waals surface area contributed by atoms with Crippen molar-refractivity contribution in [2.24, 2.45) is 17.8 Å². The molecular weight excluding hydrogens is 249 g/mol. The Hall–Kier alpha value is -0.890. The van der Waals surface area contributed by atoms with Crippen molar-refractivity contribution in [1.82, 2.24) is 5.32 Å². The third-order valence-electron chi connectivity index (χ3n) is 4.53. The van der Waals surface area contributed by atoms with Crippen LogP contribution < -0.4 is 5.32 Å². The van der Waals surface area contributed by atoms with E-state index in [9.17, 15) is 4.39 Å². The Morgan fingerprint density at radius 3 is 2.25 bits per heavy atom. The molecule has 1 N–H and O–H groups in total. The lowest BCUT2D eigenvalue weighted by Crippen LogP contribution is -2.33. The van der Waals surface area contributed by atoms with Crippen LogP contribution in [0.25, 0.3) is 0 Å². The van der Waals surface area contributed by atoms with Crippen LogP contribution in [0.1, 0.15) is 58.1 Å². The summed E-state index contributed by atoms with van der Waals surface area (Å²) in [6, 6.07) is 7.46. The van der Waals surface area contributed by atoms with Gasteiger partial charge < -0.3 is 5.32 Å². The average Bonchev–Trinajstić information content (AvgIpc) is 2.40. The Labute approximate surface area is 123 Å². The number of benzene rings is 1. The molecule has 0 aromatic heterocycles. The molecule has 0 aliphatic heterocycles. The molecule has 20 heavy (non-hydrogen) atoms. The Morgan fingerprint density at radius 1 is 1.10 bits per heavy atom. The van der Waals surface area contributed by atoms with Crippen LogP contribution in [0.5, 0.6) is 0 Å². The lowest BCUT2D eigenvalue weighted by molar-refractivity contribution is 0.176. The fourth-order valence-corrected chi connectivity index (χ4v) is 3.81. The molecule has 2 heteroatoms. The van der Waals surface area contributed by atoms with Gasteiger partial charge in [0.1, 0.15) is 5.82 Å². The predicted molar refractivity (Wildman–Crippen MR) is 83.1 cm³/mol. The minimum atomic E-state index is -0.145. The zero-order chi connectivity index (χ0) is 14.5. The van der Waals surface area contributed by atoms with Crippen LogP contribution in [0.2, 0.25) is 0 Å². The minimum absolute atomic E-state index is 0.145. The summed E-state index contributed by atoms with van der Waals surface area (Å²) in [6.45, 7) is 7.95. The van der Waals surface area contributed by atoms with E-state index in [4.69, 9.17) is 0 Å². The molecule has 1 aromatic rings. The van der Waals surface area contributed by atoms with Crippen molar-refractivity contribution >= 4 is 0 Å². The van der Waals surface area contributed by atoms with Gasteiger partial charge in [-0.2, -0.15) is 0 Å². The molecule has 3 unspecified atom stereocenters. The molecule has 0 saturated heterocycles. The maximum Gasteiger partial charge on any atom is 0.123 e. The van der Waals surface area contributed by atoms with E-state index in [1.807, 2.05) is 12.1 Å². The van der Waals surface area contributed by atoms with Crippen LogP contribution in [0.15, 0.2) is 24.3 Å². The zero-order valence-corrected chi connectivity index (χ0v) is 13.0. The van der Waals surface area contributed by atoms with Crippen LogP contribution in [0.4, 0.5) is 4.39 Å². The first-order valence-corrected chi connectivity index (χ1v) is 8.09. The Morgan fingerprint density at radius 2 is 1.70 bits per heavy atom. The quantitative estimate of drug-likeness (QED) is 0.804. The fraction of sp³-hybridized carbons (Fsp3) is 0.667. The normalized spacial score (nSPS) is 28.3. The van der Waals surface area contributed by atoms with E-state index in [-0.39, 0.29) is 5.82 Å². The number of hydrogen-bond donors (Lipinski definition) is 1. The standard InChI is InChI=1S/C18H28FN/c1-4-9-20-18(15-5-7-17(19)8-6-15)16-11-13(2)10-14(3)12-16/h5-8,13-14,16,18,20H,4,9-12H2,1-3H3. The van der Waals surface area contributed by atoms with E-state index in [0.29, 0.717) is 12.0 Å². The second-order valence-corrected chi connectivity index (χ2v) is 6.66. The van der Waals surface area contributed by atoms with Crippen molar-refractivity contribution in [3.8, 4) is 0 Å². The molecule has 1 fully saturated rings. The summed E-state index contributed by atoms with van der Waals surface area (Å²) in [5.74, 6) is 2.13. The molecule has 1 aliphatic rings. The Balaban J connectivity index is 2.15. The summed E-state index contributed by atoms with van der Waals surface area (Å²) in [5.41, 5.74) is 1.24. The number of nitrogens with one attached hydrogen (secondary N) is 1. The fourth-order valence-electron chi connectivity index (χ4n) is 3.81. The highest BCUT2D eigenvalue weighted by atomic mass is 19.1. The molecule has 1 saturated carbocycles. The second-order valence-electron chi connectivity index (χ2n) is 6.66. The molecule has 0 spiro atoms. The summed E-state index contributed by atoms with van der Waals surface area (Å²) >= 11 is 0. The molecule has 3 atom stereocenters. The van der Waals surface area contributed by atoms with Crippen molar-refractivity contribution in [1.29, 1.82) is 0 Å². The van der Waals surface area contributed by atoms with E-state index in [1.54, 1.807) is 12.1 Å².